The third-order valence-corrected chi connectivity index (χ3v) is 5.06. The molecule has 0 saturated heterocycles. The second kappa shape index (κ2) is 9.36. The first-order chi connectivity index (χ1) is 13.2. The van der Waals surface area contributed by atoms with Crippen LogP contribution in [0.5, 0.6) is 0 Å². The summed E-state index contributed by atoms with van der Waals surface area (Å²) in [4.78, 5) is 16.2. The van der Waals surface area contributed by atoms with Gasteiger partial charge >= 0.3 is 0 Å². The smallest absolute Gasteiger partial charge is 0.219 e. The first-order valence-corrected chi connectivity index (χ1v) is 9.98. The molecule has 0 aliphatic carbocycles. The number of rotatable bonds is 9. The molecule has 1 N–H and O–H groups in total. The summed E-state index contributed by atoms with van der Waals surface area (Å²) < 4.78 is 2.38. The van der Waals surface area contributed by atoms with Gasteiger partial charge in [-0.2, -0.15) is 0 Å². The van der Waals surface area contributed by atoms with Gasteiger partial charge in [-0.1, -0.05) is 55.8 Å². The Morgan fingerprint density at radius 3 is 2.56 bits per heavy atom. The van der Waals surface area contributed by atoms with Gasteiger partial charge in [0.15, 0.2) is 0 Å². The van der Waals surface area contributed by atoms with E-state index in [2.05, 4.69) is 65.3 Å². The molecule has 3 aromatic rings. The average Bonchev–Trinajstić information content (AvgIpc) is 3.08. The lowest BCUT2D eigenvalue weighted by Crippen LogP contribution is -2.23. The van der Waals surface area contributed by atoms with Crippen molar-refractivity contribution in [1.82, 2.24) is 14.9 Å². The number of benzene rings is 2. The van der Waals surface area contributed by atoms with Gasteiger partial charge in [-0.25, -0.2) is 4.98 Å². The lowest BCUT2D eigenvalue weighted by atomic mass is 10.1. The molecule has 1 amide bonds. The number of aryl methyl sites for hydroxylation is 1. The summed E-state index contributed by atoms with van der Waals surface area (Å²) in [5, 5.41) is 2.94. The standard InChI is InChI=1S/C23H29N3O/c1-3-23(27)24-17-11-5-8-16-22-25-20-14-9-10-15-21(20)26(22)18(2)19-12-6-4-7-13-19/h4,6-7,9-10,12-15,18H,3,5,8,11,16-17H2,1-2H3,(H,24,27). The van der Waals surface area contributed by atoms with Crippen molar-refractivity contribution in [3.63, 3.8) is 0 Å². The molecular formula is C23H29N3O. The molecule has 0 aliphatic rings. The van der Waals surface area contributed by atoms with E-state index in [4.69, 9.17) is 4.98 Å². The summed E-state index contributed by atoms with van der Waals surface area (Å²) in [6.07, 6.45) is 4.69. The number of carbonyl (C=O) groups excluding carboxylic acids is 1. The second-order valence-electron chi connectivity index (χ2n) is 6.99. The van der Waals surface area contributed by atoms with Crippen molar-refractivity contribution < 1.29 is 4.79 Å². The van der Waals surface area contributed by atoms with E-state index < -0.39 is 0 Å². The van der Waals surface area contributed by atoms with Crippen LogP contribution in [0.2, 0.25) is 0 Å². The van der Waals surface area contributed by atoms with Crippen molar-refractivity contribution in [3.05, 3.63) is 66.0 Å². The Hall–Kier alpha value is -2.62. The van der Waals surface area contributed by atoms with Crippen LogP contribution in [0.1, 0.15) is 57.0 Å². The molecule has 1 atom stereocenters. The molecule has 2 aromatic carbocycles. The van der Waals surface area contributed by atoms with Gasteiger partial charge < -0.3 is 9.88 Å². The zero-order valence-electron chi connectivity index (χ0n) is 16.3. The van der Waals surface area contributed by atoms with Crippen LogP contribution in [0.25, 0.3) is 11.0 Å². The molecule has 0 fully saturated rings. The third kappa shape index (κ3) is 4.76. The summed E-state index contributed by atoms with van der Waals surface area (Å²) in [6, 6.07) is 19.2. The quantitative estimate of drug-likeness (QED) is 0.551. The average molecular weight is 364 g/mol. The van der Waals surface area contributed by atoms with Crippen molar-refractivity contribution in [1.29, 1.82) is 0 Å². The topological polar surface area (TPSA) is 46.9 Å². The molecule has 0 bridgehead atoms. The highest BCUT2D eigenvalue weighted by atomic mass is 16.1. The highest BCUT2D eigenvalue weighted by Crippen LogP contribution is 2.26. The van der Waals surface area contributed by atoms with E-state index in [-0.39, 0.29) is 11.9 Å². The van der Waals surface area contributed by atoms with Crippen LogP contribution in [0, 0.1) is 0 Å². The van der Waals surface area contributed by atoms with Gasteiger partial charge in [0, 0.05) is 19.4 Å². The van der Waals surface area contributed by atoms with Crippen LogP contribution in [0.4, 0.5) is 0 Å². The maximum atomic E-state index is 11.3. The summed E-state index contributed by atoms with van der Waals surface area (Å²) in [6.45, 7) is 4.89. The van der Waals surface area contributed by atoms with Crippen molar-refractivity contribution in [2.45, 2.75) is 52.0 Å². The number of carbonyl (C=O) groups is 1. The maximum absolute atomic E-state index is 11.3. The van der Waals surface area contributed by atoms with E-state index in [9.17, 15) is 4.79 Å². The van der Waals surface area contributed by atoms with Gasteiger partial charge in [0.05, 0.1) is 17.1 Å². The monoisotopic (exact) mass is 363 g/mol. The molecule has 0 radical (unpaired) electrons. The second-order valence-corrected chi connectivity index (χ2v) is 6.99. The molecule has 0 aliphatic heterocycles. The molecule has 1 aromatic heterocycles. The largest absolute Gasteiger partial charge is 0.356 e. The van der Waals surface area contributed by atoms with Gasteiger partial charge in [-0.05, 0) is 37.5 Å². The molecule has 27 heavy (non-hydrogen) atoms. The van der Waals surface area contributed by atoms with Crippen molar-refractivity contribution in [2.75, 3.05) is 6.54 Å². The van der Waals surface area contributed by atoms with Gasteiger partial charge in [0.2, 0.25) is 5.91 Å². The SMILES string of the molecule is CCC(=O)NCCCCCc1nc2ccccc2n1C(C)c1ccccc1. The lowest BCUT2D eigenvalue weighted by Gasteiger charge is -2.18. The summed E-state index contributed by atoms with van der Waals surface area (Å²) >= 11 is 0. The van der Waals surface area contributed by atoms with E-state index >= 15 is 0 Å². The Bertz CT molecular complexity index is 870. The summed E-state index contributed by atoms with van der Waals surface area (Å²) in [5.41, 5.74) is 3.55. The van der Waals surface area contributed by atoms with Crippen LogP contribution >= 0.6 is 0 Å². The minimum Gasteiger partial charge on any atom is -0.356 e. The van der Waals surface area contributed by atoms with Crippen molar-refractivity contribution >= 4 is 16.9 Å². The van der Waals surface area contributed by atoms with E-state index in [1.807, 2.05) is 13.0 Å². The number of unbranched alkanes of at least 4 members (excludes halogenated alkanes) is 2. The van der Waals surface area contributed by atoms with E-state index in [1.165, 1.54) is 11.1 Å². The van der Waals surface area contributed by atoms with E-state index in [0.717, 1.165) is 43.6 Å². The highest BCUT2D eigenvalue weighted by molar-refractivity contribution is 5.76. The van der Waals surface area contributed by atoms with Gasteiger partial charge in [-0.3, -0.25) is 4.79 Å². The fourth-order valence-electron chi connectivity index (χ4n) is 3.52. The molecule has 1 unspecified atom stereocenters. The third-order valence-electron chi connectivity index (χ3n) is 5.06. The first-order valence-electron chi connectivity index (χ1n) is 9.98. The van der Waals surface area contributed by atoms with Gasteiger partial charge in [0.1, 0.15) is 5.82 Å². The van der Waals surface area contributed by atoms with Crippen LogP contribution in [-0.2, 0) is 11.2 Å². The predicted octanol–water partition coefficient (Wildman–Crippen LogP) is 4.88. The Morgan fingerprint density at radius 2 is 1.78 bits per heavy atom. The Morgan fingerprint density at radius 1 is 1.04 bits per heavy atom. The molecule has 1 heterocycles. The predicted molar refractivity (Wildman–Crippen MR) is 111 cm³/mol. The zero-order chi connectivity index (χ0) is 19.1. The fourth-order valence-corrected chi connectivity index (χ4v) is 3.52. The molecule has 4 nitrogen and oxygen atoms in total. The number of para-hydroxylation sites is 2. The minimum absolute atomic E-state index is 0.133. The number of nitrogens with zero attached hydrogens (tertiary/aromatic N) is 2. The Balaban J connectivity index is 1.70. The highest BCUT2D eigenvalue weighted by Gasteiger charge is 2.16. The number of hydrogen-bond donors (Lipinski definition) is 1. The van der Waals surface area contributed by atoms with Gasteiger partial charge in [-0.15, -0.1) is 0 Å². The molecular weight excluding hydrogens is 334 g/mol. The van der Waals surface area contributed by atoms with Gasteiger partial charge in [0.25, 0.3) is 0 Å². The minimum atomic E-state index is 0.133. The molecule has 4 heteroatoms. The Labute approximate surface area is 161 Å². The fraction of sp³-hybridized carbons (Fsp3) is 0.391. The number of nitrogens with one attached hydrogen (secondary N) is 1. The number of imidazole rings is 1. The number of amides is 1. The molecule has 142 valence electrons. The molecule has 0 spiro atoms. The van der Waals surface area contributed by atoms with Crippen molar-refractivity contribution in [2.24, 2.45) is 0 Å². The van der Waals surface area contributed by atoms with Crippen LogP contribution < -0.4 is 5.32 Å². The van der Waals surface area contributed by atoms with E-state index in [0.29, 0.717) is 6.42 Å². The number of hydrogen-bond acceptors (Lipinski definition) is 2. The molecule has 3 rings (SSSR count). The zero-order valence-corrected chi connectivity index (χ0v) is 16.3. The number of aromatic nitrogens is 2. The van der Waals surface area contributed by atoms with Crippen LogP contribution in [0.3, 0.4) is 0 Å². The Kier molecular flexibility index (Phi) is 6.64. The maximum Gasteiger partial charge on any atom is 0.219 e. The van der Waals surface area contributed by atoms with Crippen LogP contribution in [0.15, 0.2) is 54.6 Å². The van der Waals surface area contributed by atoms with Crippen molar-refractivity contribution in [3.8, 4) is 0 Å². The normalized spacial score (nSPS) is 12.2. The van der Waals surface area contributed by atoms with E-state index in [1.54, 1.807) is 0 Å². The first kappa shape index (κ1) is 19.2. The summed E-state index contributed by atoms with van der Waals surface area (Å²) in [7, 11) is 0. The van der Waals surface area contributed by atoms with Crippen LogP contribution in [-0.4, -0.2) is 22.0 Å². The summed E-state index contributed by atoms with van der Waals surface area (Å²) in [5.74, 6) is 1.28. The molecule has 0 saturated carbocycles. The number of fused-ring (bicyclic) bond motifs is 1. The lowest BCUT2D eigenvalue weighted by molar-refractivity contribution is -0.120.